The van der Waals surface area contributed by atoms with Crippen molar-refractivity contribution < 1.29 is 0 Å². The molecule has 2 unspecified atom stereocenters. The maximum absolute atomic E-state index is 4.52. The standard InChI is InChI=1S/C22H24N8/c1-30-15-2-3-16(30)9-14(8-15)26-21-7-6-20(27-28-21)18-5-4-17(13-10-23-24-11-13)22-19(18)12-25-29-22/h4-7,10-12,14-16H,2-3,8-9H2,1H3,(H,23,24)(H,25,29)(H,26,28). The third-order valence-corrected chi connectivity index (χ3v) is 6.82. The van der Waals surface area contributed by atoms with Crippen LogP contribution in [0.1, 0.15) is 25.7 Å². The van der Waals surface area contributed by atoms with Gasteiger partial charge in [0.15, 0.2) is 0 Å². The van der Waals surface area contributed by atoms with Crippen LogP contribution >= 0.6 is 0 Å². The predicted octanol–water partition coefficient (Wildman–Crippen LogP) is 3.45. The van der Waals surface area contributed by atoms with Crippen molar-refractivity contribution in [2.24, 2.45) is 0 Å². The number of piperidine rings is 1. The quantitative estimate of drug-likeness (QED) is 0.485. The molecule has 0 spiro atoms. The van der Waals surface area contributed by atoms with Gasteiger partial charge in [-0.15, -0.1) is 10.2 Å². The fourth-order valence-electron chi connectivity index (χ4n) is 5.19. The first-order chi connectivity index (χ1) is 14.8. The Bertz CT molecular complexity index is 1150. The minimum Gasteiger partial charge on any atom is -0.366 e. The van der Waals surface area contributed by atoms with E-state index in [2.05, 4.69) is 60.0 Å². The van der Waals surface area contributed by atoms with Gasteiger partial charge in [0, 0.05) is 46.4 Å². The fourth-order valence-corrected chi connectivity index (χ4v) is 5.19. The fraction of sp³-hybridized carbons (Fsp3) is 0.364. The largest absolute Gasteiger partial charge is 0.366 e. The van der Waals surface area contributed by atoms with E-state index in [1.807, 2.05) is 30.7 Å². The van der Waals surface area contributed by atoms with Crippen molar-refractivity contribution in [3.63, 3.8) is 0 Å². The summed E-state index contributed by atoms with van der Waals surface area (Å²) in [6.45, 7) is 0. The minimum absolute atomic E-state index is 0.480. The van der Waals surface area contributed by atoms with E-state index in [-0.39, 0.29) is 0 Å². The van der Waals surface area contributed by atoms with Crippen LogP contribution in [0, 0.1) is 0 Å². The van der Waals surface area contributed by atoms with E-state index in [1.54, 1.807) is 0 Å². The number of hydrogen-bond acceptors (Lipinski definition) is 6. The molecular formula is C22H24N8. The van der Waals surface area contributed by atoms with Gasteiger partial charge in [0.2, 0.25) is 0 Å². The Labute approximate surface area is 174 Å². The molecule has 0 amide bonds. The van der Waals surface area contributed by atoms with Crippen LogP contribution < -0.4 is 5.32 Å². The molecular weight excluding hydrogens is 376 g/mol. The number of hydrogen-bond donors (Lipinski definition) is 3. The summed E-state index contributed by atoms with van der Waals surface area (Å²) >= 11 is 0. The number of benzene rings is 1. The normalized spacial score (nSPS) is 23.8. The van der Waals surface area contributed by atoms with E-state index in [9.17, 15) is 0 Å². The molecule has 30 heavy (non-hydrogen) atoms. The van der Waals surface area contributed by atoms with E-state index < -0.39 is 0 Å². The molecule has 2 aliphatic heterocycles. The second-order valence-corrected chi connectivity index (χ2v) is 8.47. The van der Waals surface area contributed by atoms with Crippen LogP contribution in [0.15, 0.2) is 42.9 Å². The molecule has 6 rings (SSSR count). The van der Waals surface area contributed by atoms with Crippen molar-refractivity contribution in [2.45, 2.75) is 43.8 Å². The second kappa shape index (κ2) is 6.91. The summed E-state index contributed by atoms with van der Waals surface area (Å²) in [7, 11) is 2.27. The van der Waals surface area contributed by atoms with Crippen molar-refractivity contribution in [2.75, 3.05) is 12.4 Å². The number of aromatic amines is 2. The maximum Gasteiger partial charge on any atom is 0.148 e. The Morgan fingerprint density at radius 3 is 2.53 bits per heavy atom. The minimum atomic E-state index is 0.480. The SMILES string of the molecule is CN1C2CCC1CC(Nc1ccc(-c3ccc(-c4cn[nH]c4)c4[nH]ncc34)nn1)C2. The summed E-state index contributed by atoms with van der Waals surface area (Å²) in [5.74, 6) is 0.853. The van der Waals surface area contributed by atoms with Gasteiger partial charge in [-0.2, -0.15) is 10.2 Å². The molecule has 4 aromatic rings. The van der Waals surface area contributed by atoms with Crippen molar-refractivity contribution >= 4 is 16.7 Å². The van der Waals surface area contributed by atoms with Gasteiger partial charge in [-0.3, -0.25) is 10.2 Å². The van der Waals surface area contributed by atoms with Crippen molar-refractivity contribution in [3.05, 3.63) is 42.9 Å². The Hall–Kier alpha value is -3.26. The summed E-state index contributed by atoms with van der Waals surface area (Å²) in [5.41, 5.74) is 4.91. The van der Waals surface area contributed by atoms with E-state index in [0.29, 0.717) is 18.1 Å². The summed E-state index contributed by atoms with van der Waals surface area (Å²) in [6.07, 6.45) is 10.5. The van der Waals surface area contributed by atoms with E-state index >= 15 is 0 Å². The van der Waals surface area contributed by atoms with Crippen LogP contribution in [-0.4, -0.2) is 60.7 Å². The first-order valence-electron chi connectivity index (χ1n) is 10.5. The first-order valence-corrected chi connectivity index (χ1v) is 10.5. The average molecular weight is 400 g/mol. The molecule has 3 aromatic heterocycles. The summed E-state index contributed by atoms with van der Waals surface area (Å²) < 4.78 is 0. The highest BCUT2D eigenvalue weighted by Crippen LogP contribution is 2.36. The van der Waals surface area contributed by atoms with Crippen LogP contribution in [0.5, 0.6) is 0 Å². The molecule has 8 nitrogen and oxygen atoms in total. The molecule has 2 bridgehead atoms. The Kier molecular flexibility index (Phi) is 4.05. The summed E-state index contributed by atoms with van der Waals surface area (Å²) in [6, 6.07) is 10.1. The van der Waals surface area contributed by atoms with Crippen molar-refractivity contribution in [1.82, 2.24) is 35.5 Å². The van der Waals surface area contributed by atoms with Crippen molar-refractivity contribution in [3.8, 4) is 22.4 Å². The van der Waals surface area contributed by atoms with Gasteiger partial charge in [-0.25, -0.2) is 0 Å². The molecule has 2 saturated heterocycles. The molecule has 5 heterocycles. The Morgan fingerprint density at radius 2 is 1.80 bits per heavy atom. The molecule has 0 aliphatic carbocycles. The zero-order valence-corrected chi connectivity index (χ0v) is 16.8. The van der Waals surface area contributed by atoms with Crippen LogP contribution in [0.3, 0.4) is 0 Å². The van der Waals surface area contributed by atoms with Crippen LogP contribution in [0.2, 0.25) is 0 Å². The molecule has 152 valence electrons. The van der Waals surface area contributed by atoms with Gasteiger partial charge in [0.1, 0.15) is 5.82 Å². The predicted molar refractivity (Wildman–Crippen MR) is 116 cm³/mol. The summed E-state index contributed by atoms with van der Waals surface area (Å²) in [5, 5.41) is 27.9. The van der Waals surface area contributed by atoms with Gasteiger partial charge in [-0.1, -0.05) is 12.1 Å². The second-order valence-electron chi connectivity index (χ2n) is 8.47. The number of aromatic nitrogens is 6. The van der Waals surface area contributed by atoms with Crippen LogP contribution in [0.4, 0.5) is 5.82 Å². The molecule has 8 heteroatoms. The lowest BCUT2D eigenvalue weighted by molar-refractivity contribution is 0.168. The topological polar surface area (TPSA) is 98.4 Å². The van der Waals surface area contributed by atoms with E-state index in [4.69, 9.17) is 0 Å². The number of anilines is 1. The highest BCUT2D eigenvalue weighted by Gasteiger charge is 2.38. The lowest BCUT2D eigenvalue weighted by Crippen LogP contribution is -2.44. The maximum atomic E-state index is 4.52. The highest BCUT2D eigenvalue weighted by atomic mass is 15.2. The zero-order chi connectivity index (χ0) is 20.1. The lowest BCUT2D eigenvalue weighted by atomic mass is 9.98. The van der Waals surface area contributed by atoms with Gasteiger partial charge in [0.25, 0.3) is 0 Å². The molecule has 0 radical (unpaired) electrons. The van der Waals surface area contributed by atoms with Gasteiger partial charge >= 0.3 is 0 Å². The highest BCUT2D eigenvalue weighted by molar-refractivity contribution is 6.01. The number of nitrogens with zero attached hydrogens (tertiary/aromatic N) is 5. The van der Waals surface area contributed by atoms with E-state index in [0.717, 1.165) is 39.1 Å². The van der Waals surface area contributed by atoms with Gasteiger partial charge in [-0.05, 0) is 44.9 Å². The Balaban J connectivity index is 1.26. The molecule has 3 N–H and O–H groups in total. The molecule has 2 fully saturated rings. The third-order valence-electron chi connectivity index (χ3n) is 6.82. The number of H-pyrrole nitrogens is 2. The van der Waals surface area contributed by atoms with Crippen LogP contribution in [0.25, 0.3) is 33.3 Å². The lowest BCUT2D eigenvalue weighted by Gasteiger charge is -2.36. The Morgan fingerprint density at radius 1 is 0.967 bits per heavy atom. The van der Waals surface area contributed by atoms with Gasteiger partial charge in [0.05, 0.1) is 23.6 Å². The molecule has 2 aliphatic rings. The zero-order valence-electron chi connectivity index (χ0n) is 16.8. The van der Waals surface area contributed by atoms with Crippen LogP contribution in [-0.2, 0) is 0 Å². The third kappa shape index (κ3) is 2.87. The smallest absolute Gasteiger partial charge is 0.148 e. The molecule has 1 aromatic carbocycles. The summed E-state index contributed by atoms with van der Waals surface area (Å²) in [4.78, 5) is 2.55. The number of fused-ring (bicyclic) bond motifs is 3. The number of nitrogens with one attached hydrogen (secondary N) is 3. The number of rotatable bonds is 4. The van der Waals surface area contributed by atoms with E-state index in [1.165, 1.54) is 25.7 Å². The molecule has 2 atom stereocenters. The first kappa shape index (κ1) is 17.6. The average Bonchev–Trinajstić information content (AvgIpc) is 3.50. The van der Waals surface area contributed by atoms with Gasteiger partial charge < -0.3 is 10.2 Å². The monoisotopic (exact) mass is 400 g/mol. The van der Waals surface area contributed by atoms with Crippen molar-refractivity contribution in [1.29, 1.82) is 0 Å². The molecule has 0 saturated carbocycles.